The fourth-order valence-electron chi connectivity index (χ4n) is 2.59. The van der Waals surface area contributed by atoms with Gasteiger partial charge in [0.1, 0.15) is 5.82 Å². The molecule has 0 saturated heterocycles. The number of aryl methyl sites for hydroxylation is 1. The summed E-state index contributed by atoms with van der Waals surface area (Å²) in [5.41, 5.74) is 1.27. The summed E-state index contributed by atoms with van der Waals surface area (Å²) in [5, 5.41) is 3.59. The second-order valence-corrected chi connectivity index (χ2v) is 5.24. The largest absolute Gasteiger partial charge is 0.367 e. The fraction of sp³-hybridized carbons (Fsp3) is 0.643. The standard InChI is InChI=1S/C14H22N2/c1-10-7-8-15-14(9-10)16-13-6-4-5-11(2)12(13)3/h7-9,11-13H,4-6H2,1-3H3,(H,15,16)/t11-,12+,13+/m0/s1. The van der Waals surface area contributed by atoms with Crippen LogP contribution in [0.4, 0.5) is 5.82 Å². The zero-order valence-corrected chi connectivity index (χ0v) is 10.5. The van der Waals surface area contributed by atoms with Gasteiger partial charge >= 0.3 is 0 Å². The minimum absolute atomic E-state index is 0.595. The Balaban J connectivity index is 2.03. The molecule has 16 heavy (non-hydrogen) atoms. The molecular formula is C14H22N2. The highest BCUT2D eigenvalue weighted by atomic mass is 15.0. The van der Waals surface area contributed by atoms with Crippen molar-refractivity contribution >= 4 is 5.82 Å². The number of rotatable bonds is 2. The zero-order valence-electron chi connectivity index (χ0n) is 10.5. The number of anilines is 1. The van der Waals surface area contributed by atoms with Gasteiger partial charge in [-0.05, 0) is 42.9 Å². The highest BCUT2D eigenvalue weighted by molar-refractivity contribution is 5.38. The summed E-state index contributed by atoms with van der Waals surface area (Å²) in [6.45, 7) is 6.83. The van der Waals surface area contributed by atoms with Crippen LogP contribution in [0.3, 0.4) is 0 Å². The molecule has 1 saturated carbocycles. The van der Waals surface area contributed by atoms with E-state index in [1.165, 1.54) is 24.8 Å². The third-order valence-electron chi connectivity index (χ3n) is 3.96. The van der Waals surface area contributed by atoms with Gasteiger partial charge in [0.25, 0.3) is 0 Å². The van der Waals surface area contributed by atoms with Crippen molar-refractivity contribution in [3.8, 4) is 0 Å². The third-order valence-corrected chi connectivity index (χ3v) is 3.96. The van der Waals surface area contributed by atoms with E-state index >= 15 is 0 Å². The van der Waals surface area contributed by atoms with Crippen LogP contribution in [0.1, 0.15) is 38.7 Å². The van der Waals surface area contributed by atoms with Crippen LogP contribution in [0.15, 0.2) is 18.3 Å². The second-order valence-electron chi connectivity index (χ2n) is 5.24. The van der Waals surface area contributed by atoms with Gasteiger partial charge in [-0.3, -0.25) is 0 Å². The van der Waals surface area contributed by atoms with Gasteiger partial charge < -0.3 is 5.32 Å². The smallest absolute Gasteiger partial charge is 0.126 e. The van der Waals surface area contributed by atoms with Gasteiger partial charge in [-0.15, -0.1) is 0 Å². The van der Waals surface area contributed by atoms with Crippen LogP contribution in [0.2, 0.25) is 0 Å². The molecule has 0 aliphatic heterocycles. The molecule has 88 valence electrons. The quantitative estimate of drug-likeness (QED) is 0.820. The van der Waals surface area contributed by atoms with Crippen molar-refractivity contribution in [2.24, 2.45) is 11.8 Å². The summed E-state index contributed by atoms with van der Waals surface area (Å²) < 4.78 is 0. The number of aromatic nitrogens is 1. The molecule has 1 fully saturated rings. The topological polar surface area (TPSA) is 24.9 Å². The van der Waals surface area contributed by atoms with Crippen LogP contribution in [-0.4, -0.2) is 11.0 Å². The number of nitrogens with one attached hydrogen (secondary N) is 1. The summed E-state index contributed by atoms with van der Waals surface area (Å²) in [4.78, 5) is 4.38. The SMILES string of the molecule is Cc1ccnc(N[C@@H]2CCC[C@H](C)[C@H]2C)c1. The molecule has 1 aliphatic carbocycles. The maximum absolute atomic E-state index is 4.38. The number of hydrogen-bond acceptors (Lipinski definition) is 2. The van der Waals surface area contributed by atoms with Crippen LogP contribution in [0.25, 0.3) is 0 Å². The molecular weight excluding hydrogens is 196 g/mol. The number of hydrogen-bond donors (Lipinski definition) is 1. The van der Waals surface area contributed by atoms with Crippen molar-refractivity contribution in [3.63, 3.8) is 0 Å². The Morgan fingerprint density at radius 2 is 2.12 bits per heavy atom. The molecule has 0 aromatic carbocycles. The normalized spacial score (nSPS) is 30.1. The van der Waals surface area contributed by atoms with Crippen molar-refractivity contribution in [1.29, 1.82) is 0 Å². The summed E-state index contributed by atoms with van der Waals surface area (Å²) in [6, 6.07) is 4.77. The first-order valence-corrected chi connectivity index (χ1v) is 6.36. The summed E-state index contributed by atoms with van der Waals surface area (Å²) in [5.74, 6) is 2.61. The maximum atomic E-state index is 4.38. The second kappa shape index (κ2) is 4.86. The van der Waals surface area contributed by atoms with Crippen LogP contribution in [0.5, 0.6) is 0 Å². The first-order chi connectivity index (χ1) is 7.66. The molecule has 0 unspecified atom stereocenters. The average molecular weight is 218 g/mol. The van der Waals surface area contributed by atoms with Crippen molar-refractivity contribution < 1.29 is 0 Å². The highest BCUT2D eigenvalue weighted by Crippen LogP contribution is 2.31. The Hall–Kier alpha value is -1.05. The van der Waals surface area contributed by atoms with Crippen LogP contribution in [0, 0.1) is 18.8 Å². The van der Waals surface area contributed by atoms with Crippen molar-refractivity contribution in [3.05, 3.63) is 23.9 Å². The van der Waals surface area contributed by atoms with Gasteiger partial charge in [0.2, 0.25) is 0 Å². The Bertz CT molecular complexity index is 348. The number of nitrogens with zero attached hydrogens (tertiary/aromatic N) is 1. The van der Waals surface area contributed by atoms with Gasteiger partial charge in [-0.25, -0.2) is 4.98 Å². The van der Waals surface area contributed by atoms with Gasteiger partial charge in [-0.1, -0.05) is 26.7 Å². The molecule has 1 N–H and O–H groups in total. The number of pyridine rings is 1. The lowest BCUT2D eigenvalue weighted by atomic mass is 9.78. The summed E-state index contributed by atoms with van der Waals surface area (Å²) in [7, 11) is 0. The molecule has 0 spiro atoms. The Labute approximate surface area is 98.5 Å². The van der Waals surface area contributed by atoms with Gasteiger partial charge in [-0.2, -0.15) is 0 Å². The van der Waals surface area contributed by atoms with E-state index in [1.54, 1.807) is 0 Å². The zero-order chi connectivity index (χ0) is 11.5. The van der Waals surface area contributed by atoms with Gasteiger partial charge in [0.15, 0.2) is 0 Å². The van der Waals surface area contributed by atoms with Crippen LogP contribution >= 0.6 is 0 Å². The van der Waals surface area contributed by atoms with E-state index in [0.717, 1.165) is 17.7 Å². The molecule has 1 aromatic rings. The first kappa shape index (κ1) is 11.4. The van der Waals surface area contributed by atoms with Crippen LogP contribution in [-0.2, 0) is 0 Å². The predicted octanol–water partition coefficient (Wildman–Crippen LogP) is 3.63. The first-order valence-electron chi connectivity index (χ1n) is 6.36. The highest BCUT2D eigenvalue weighted by Gasteiger charge is 2.26. The van der Waals surface area contributed by atoms with E-state index in [4.69, 9.17) is 0 Å². The van der Waals surface area contributed by atoms with E-state index < -0.39 is 0 Å². The molecule has 2 heteroatoms. The Morgan fingerprint density at radius 3 is 2.88 bits per heavy atom. The minimum atomic E-state index is 0.595. The van der Waals surface area contributed by atoms with E-state index in [1.807, 2.05) is 12.3 Å². The van der Waals surface area contributed by atoms with E-state index in [9.17, 15) is 0 Å². The fourth-order valence-corrected chi connectivity index (χ4v) is 2.59. The molecule has 1 heterocycles. The molecule has 0 radical (unpaired) electrons. The molecule has 2 nitrogen and oxygen atoms in total. The Morgan fingerprint density at radius 1 is 1.31 bits per heavy atom. The molecule has 0 bridgehead atoms. The van der Waals surface area contributed by atoms with E-state index in [2.05, 4.69) is 37.1 Å². The molecule has 3 atom stereocenters. The molecule has 1 aromatic heterocycles. The van der Waals surface area contributed by atoms with Crippen molar-refractivity contribution in [2.45, 2.75) is 46.1 Å². The minimum Gasteiger partial charge on any atom is -0.367 e. The third kappa shape index (κ3) is 2.55. The molecule has 2 rings (SSSR count). The van der Waals surface area contributed by atoms with Crippen molar-refractivity contribution in [1.82, 2.24) is 4.98 Å². The van der Waals surface area contributed by atoms with Gasteiger partial charge in [0.05, 0.1) is 0 Å². The summed E-state index contributed by atoms with van der Waals surface area (Å²) >= 11 is 0. The Kier molecular flexibility index (Phi) is 3.47. The summed E-state index contributed by atoms with van der Waals surface area (Å²) in [6.07, 6.45) is 5.88. The lowest BCUT2D eigenvalue weighted by Gasteiger charge is -2.34. The maximum Gasteiger partial charge on any atom is 0.126 e. The lowest BCUT2D eigenvalue weighted by Crippen LogP contribution is -2.35. The average Bonchev–Trinajstić information content (AvgIpc) is 2.25. The van der Waals surface area contributed by atoms with Crippen LogP contribution < -0.4 is 5.32 Å². The molecule has 0 amide bonds. The lowest BCUT2D eigenvalue weighted by molar-refractivity contribution is 0.253. The van der Waals surface area contributed by atoms with Crippen molar-refractivity contribution in [2.75, 3.05) is 5.32 Å². The van der Waals surface area contributed by atoms with E-state index in [-0.39, 0.29) is 0 Å². The monoisotopic (exact) mass is 218 g/mol. The predicted molar refractivity (Wildman–Crippen MR) is 68.6 cm³/mol. The van der Waals surface area contributed by atoms with Gasteiger partial charge in [0, 0.05) is 12.2 Å². The molecule has 1 aliphatic rings. The van der Waals surface area contributed by atoms with E-state index in [0.29, 0.717) is 6.04 Å².